The summed E-state index contributed by atoms with van der Waals surface area (Å²) in [5.41, 5.74) is -0.359. The van der Waals surface area contributed by atoms with Gasteiger partial charge in [0.2, 0.25) is 0 Å². The van der Waals surface area contributed by atoms with E-state index in [1.54, 1.807) is 4.90 Å². The number of ether oxygens (including phenoxy) is 4. The van der Waals surface area contributed by atoms with Crippen LogP contribution in [0, 0.1) is 10.1 Å². The van der Waals surface area contributed by atoms with Gasteiger partial charge in [-0.05, 0) is 13.8 Å². The Morgan fingerprint density at radius 3 is 2.42 bits per heavy atom. The quantitative estimate of drug-likeness (QED) is 0.411. The van der Waals surface area contributed by atoms with Crippen LogP contribution in [-0.2, 0) is 9.47 Å². The molecule has 0 saturated carbocycles. The number of nitro groups is 1. The van der Waals surface area contributed by atoms with Crippen molar-refractivity contribution in [1.29, 1.82) is 0 Å². The van der Waals surface area contributed by atoms with Gasteiger partial charge in [-0.25, -0.2) is 0 Å². The van der Waals surface area contributed by atoms with Crippen molar-refractivity contribution in [2.45, 2.75) is 26.1 Å². The molecule has 144 valence electrons. The van der Waals surface area contributed by atoms with E-state index in [4.69, 9.17) is 18.9 Å². The van der Waals surface area contributed by atoms with Gasteiger partial charge in [0.1, 0.15) is 12.2 Å². The third-order valence-electron chi connectivity index (χ3n) is 3.96. The summed E-state index contributed by atoms with van der Waals surface area (Å²) in [7, 11) is 2.94. The molecule has 2 rings (SSSR count). The molecule has 1 heterocycles. The predicted molar refractivity (Wildman–Crippen MR) is 92.9 cm³/mol. The Morgan fingerprint density at radius 2 is 1.88 bits per heavy atom. The van der Waals surface area contributed by atoms with Crippen LogP contribution >= 0.6 is 0 Å². The van der Waals surface area contributed by atoms with Crippen molar-refractivity contribution < 1.29 is 28.7 Å². The highest BCUT2D eigenvalue weighted by molar-refractivity contribution is 5.99. The fourth-order valence-electron chi connectivity index (χ4n) is 2.89. The lowest BCUT2D eigenvalue weighted by Crippen LogP contribution is -2.48. The van der Waals surface area contributed by atoms with Crippen molar-refractivity contribution >= 4 is 11.6 Å². The molecule has 9 nitrogen and oxygen atoms in total. The van der Waals surface area contributed by atoms with Gasteiger partial charge >= 0.3 is 0 Å². The molecule has 1 aromatic rings. The van der Waals surface area contributed by atoms with Crippen molar-refractivity contribution in [1.82, 2.24) is 4.90 Å². The molecule has 0 aliphatic carbocycles. The molecule has 0 spiro atoms. The van der Waals surface area contributed by atoms with Gasteiger partial charge in [-0.3, -0.25) is 14.9 Å². The molecule has 0 unspecified atom stereocenters. The van der Waals surface area contributed by atoms with Gasteiger partial charge in [0.15, 0.2) is 11.5 Å². The lowest BCUT2D eigenvalue weighted by atomic mass is 10.1. The van der Waals surface area contributed by atoms with E-state index in [9.17, 15) is 14.9 Å². The fraction of sp³-hybridized carbons (Fsp3) is 0.588. The second-order valence-corrected chi connectivity index (χ2v) is 6.09. The first-order chi connectivity index (χ1) is 12.4. The number of hydrogen-bond acceptors (Lipinski definition) is 7. The normalized spacial score (nSPS) is 19.9. The topological polar surface area (TPSA) is 100 Å². The minimum atomic E-state index is -0.594. The Bertz CT molecular complexity index is 655. The number of nitrogens with zero attached hydrogens (tertiary/aromatic N) is 2. The number of nitro benzene ring substituents is 1. The van der Waals surface area contributed by atoms with E-state index in [1.807, 2.05) is 13.8 Å². The monoisotopic (exact) mass is 368 g/mol. The summed E-state index contributed by atoms with van der Waals surface area (Å²) in [5, 5.41) is 11.5. The number of rotatable bonds is 7. The van der Waals surface area contributed by atoms with Crippen molar-refractivity contribution in [2.75, 3.05) is 40.5 Å². The Hall–Kier alpha value is -2.39. The van der Waals surface area contributed by atoms with E-state index >= 15 is 0 Å². The zero-order valence-electron chi connectivity index (χ0n) is 15.4. The number of benzene rings is 1. The summed E-state index contributed by atoms with van der Waals surface area (Å²) in [6.45, 7) is 4.98. The SMILES string of the molecule is COCCOc1cc([N+](=O)[O-])c(C(=O)N2C[C@@H](C)O[C@@H](C)C2)cc1OC. The Labute approximate surface area is 151 Å². The molecule has 1 amide bonds. The molecule has 0 aromatic heterocycles. The van der Waals surface area contributed by atoms with Crippen molar-refractivity contribution in [3.63, 3.8) is 0 Å². The van der Waals surface area contributed by atoms with Crippen LogP contribution in [0.1, 0.15) is 24.2 Å². The van der Waals surface area contributed by atoms with E-state index < -0.39 is 10.8 Å². The number of morpholine rings is 1. The minimum absolute atomic E-state index is 0.0350. The zero-order valence-corrected chi connectivity index (χ0v) is 15.4. The van der Waals surface area contributed by atoms with Crippen LogP contribution in [0.5, 0.6) is 11.5 Å². The van der Waals surface area contributed by atoms with Gasteiger partial charge in [0, 0.05) is 26.3 Å². The highest BCUT2D eigenvalue weighted by Gasteiger charge is 2.32. The van der Waals surface area contributed by atoms with E-state index in [2.05, 4.69) is 0 Å². The largest absolute Gasteiger partial charge is 0.493 e. The summed E-state index contributed by atoms with van der Waals surface area (Å²) in [5.74, 6) is 0.0152. The fourth-order valence-corrected chi connectivity index (χ4v) is 2.89. The summed E-state index contributed by atoms with van der Waals surface area (Å²) in [4.78, 5) is 25.4. The van der Waals surface area contributed by atoms with E-state index in [-0.39, 0.29) is 41.6 Å². The zero-order chi connectivity index (χ0) is 19.3. The van der Waals surface area contributed by atoms with Crippen LogP contribution < -0.4 is 9.47 Å². The molecule has 1 saturated heterocycles. The molecule has 0 N–H and O–H groups in total. The molecule has 1 aliphatic rings. The first-order valence-corrected chi connectivity index (χ1v) is 8.30. The first kappa shape index (κ1) is 19.9. The van der Waals surface area contributed by atoms with Crippen LogP contribution in [0.25, 0.3) is 0 Å². The average molecular weight is 368 g/mol. The molecule has 26 heavy (non-hydrogen) atoms. The van der Waals surface area contributed by atoms with Crippen LogP contribution in [-0.4, -0.2) is 68.5 Å². The number of amides is 1. The van der Waals surface area contributed by atoms with Gasteiger partial charge in [0.05, 0.1) is 36.9 Å². The number of hydrogen-bond donors (Lipinski definition) is 0. The van der Waals surface area contributed by atoms with Gasteiger partial charge in [-0.15, -0.1) is 0 Å². The van der Waals surface area contributed by atoms with Gasteiger partial charge in [-0.2, -0.15) is 0 Å². The first-order valence-electron chi connectivity index (χ1n) is 8.30. The molecule has 1 aromatic carbocycles. The smallest absolute Gasteiger partial charge is 0.286 e. The van der Waals surface area contributed by atoms with E-state index in [1.165, 1.54) is 26.4 Å². The molecule has 9 heteroatoms. The standard InChI is InChI=1S/C17H24N2O7/c1-11-9-18(10-12(2)26-11)17(20)13-7-15(24-4)16(25-6-5-23-3)8-14(13)19(21)22/h7-8,11-12H,5-6,9-10H2,1-4H3/t11-,12+. The number of methoxy groups -OCH3 is 2. The summed E-state index contributed by atoms with van der Waals surface area (Å²) in [6.07, 6.45) is -0.277. The minimum Gasteiger partial charge on any atom is -0.493 e. The summed E-state index contributed by atoms with van der Waals surface area (Å²) < 4.78 is 21.2. The molecule has 1 aliphatic heterocycles. The third kappa shape index (κ3) is 4.61. The molecule has 0 bridgehead atoms. The lowest BCUT2D eigenvalue weighted by Gasteiger charge is -2.35. The average Bonchev–Trinajstić information content (AvgIpc) is 2.59. The van der Waals surface area contributed by atoms with Crippen LogP contribution in [0.2, 0.25) is 0 Å². The maximum Gasteiger partial charge on any atom is 0.286 e. The van der Waals surface area contributed by atoms with Crippen molar-refractivity contribution in [3.05, 3.63) is 27.8 Å². The highest BCUT2D eigenvalue weighted by atomic mass is 16.6. The van der Waals surface area contributed by atoms with E-state index in [0.29, 0.717) is 19.7 Å². The third-order valence-corrected chi connectivity index (χ3v) is 3.96. The second kappa shape index (κ2) is 8.81. The summed E-state index contributed by atoms with van der Waals surface area (Å²) in [6, 6.07) is 2.57. The van der Waals surface area contributed by atoms with E-state index in [0.717, 1.165) is 0 Å². The summed E-state index contributed by atoms with van der Waals surface area (Å²) >= 11 is 0. The van der Waals surface area contributed by atoms with Gasteiger partial charge in [0.25, 0.3) is 11.6 Å². The maximum absolute atomic E-state index is 12.9. The highest BCUT2D eigenvalue weighted by Crippen LogP contribution is 2.35. The molecule has 1 fully saturated rings. The Kier molecular flexibility index (Phi) is 6.76. The lowest BCUT2D eigenvalue weighted by molar-refractivity contribution is -0.385. The van der Waals surface area contributed by atoms with Crippen LogP contribution in [0.15, 0.2) is 12.1 Å². The maximum atomic E-state index is 12.9. The molecule has 2 atom stereocenters. The number of carbonyl (C=O) groups is 1. The Balaban J connectivity index is 2.36. The Morgan fingerprint density at radius 1 is 1.23 bits per heavy atom. The molecular weight excluding hydrogens is 344 g/mol. The molecule has 0 radical (unpaired) electrons. The predicted octanol–water partition coefficient (Wildman–Crippen LogP) is 1.88. The molecular formula is C17H24N2O7. The number of carbonyl (C=O) groups excluding carboxylic acids is 1. The van der Waals surface area contributed by atoms with Gasteiger partial charge in [-0.1, -0.05) is 0 Å². The van der Waals surface area contributed by atoms with Crippen molar-refractivity contribution in [2.24, 2.45) is 0 Å². The van der Waals surface area contributed by atoms with Crippen molar-refractivity contribution in [3.8, 4) is 11.5 Å². The van der Waals surface area contributed by atoms with Gasteiger partial charge < -0.3 is 23.8 Å². The second-order valence-electron chi connectivity index (χ2n) is 6.09. The van der Waals surface area contributed by atoms with Crippen LogP contribution in [0.3, 0.4) is 0 Å². The van der Waals surface area contributed by atoms with Crippen LogP contribution in [0.4, 0.5) is 5.69 Å².